The van der Waals surface area contributed by atoms with Gasteiger partial charge in [-0.05, 0) is 0 Å². The Kier molecular flexibility index (Phi) is 3.01. The molecule has 0 aliphatic carbocycles. The second-order valence-electron chi connectivity index (χ2n) is 2.39. The van der Waals surface area contributed by atoms with E-state index in [9.17, 15) is 9.59 Å². The first-order chi connectivity index (χ1) is 6.24. The van der Waals surface area contributed by atoms with Crippen molar-refractivity contribution in [3.8, 4) is 0 Å². The lowest BCUT2D eigenvalue weighted by Crippen LogP contribution is -1.98. The summed E-state index contributed by atoms with van der Waals surface area (Å²) < 4.78 is 4.64. The highest BCUT2D eigenvalue weighted by Gasteiger charge is 2.05. The molecule has 0 spiro atoms. The van der Waals surface area contributed by atoms with Crippen molar-refractivity contribution < 1.29 is 14.3 Å². The van der Waals surface area contributed by atoms with Crippen molar-refractivity contribution in [2.24, 2.45) is 0 Å². The molecule has 1 aromatic rings. The van der Waals surface area contributed by atoms with Gasteiger partial charge < -0.3 is 4.74 Å². The summed E-state index contributed by atoms with van der Waals surface area (Å²) in [5.41, 5.74) is 0.549. The highest BCUT2D eigenvalue weighted by atomic mass is 16.5. The number of rotatable bonds is 2. The SMILES string of the molecule is CC(=O)OC(=C=O)c1ccccc1. The zero-order valence-electron chi connectivity index (χ0n) is 7.11. The fourth-order valence-corrected chi connectivity index (χ4v) is 0.872. The molecule has 0 aliphatic heterocycles. The maximum atomic E-state index is 10.6. The molecule has 0 radical (unpaired) electrons. The van der Waals surface area contributed by atoms with Crippen LogP contribution in [0.25, 0.3) is 5.76 Å². The highest BCUT2D eigenvalue weighted by Crippen LogP contribution is 2.11. The van der Waals surface area contributed by atoms with Crippen LogP contribution in [0.2, 0.25) is 0 Å². The van der Waals surface area contributed by atoms with E-state index in [4.69, 9.17) is 0 Å². The van der Waals surface area contributed by atoms with Crippen LogP contribution in [0.5, 0.6) is 0 Å². The van der Waals surface area contributed by atoms with Gasteiger partial charge in [-0.3, -0.25) is 4.79 Å². The fraction of sp³-hybridized carbons (Fsp3) is 0.100. The van der Waals surface area contributed by atoms with Crippen LogP contribution in [0.4, 0.5) is 0 Å². The highest BCUT2D eigenvalue weighted by molar-refractivity contribution is 5.88. The average Bonchev–Trinajstić information content (AvgIpc) is 2.15. The van der Waals surface area contributed by atoms with Gasteiger partial charge in [-0.1, -0.05) is 30.3 Å². The first kappa shape index (κ1) is 9.23. The smallest absolute Gasteiger partial charge is 0.308 e. The molecular formula is C10H8O3. The molecular weight excluding hydrogens is 168 g/mol. The summed E-state index contributed by atoms with van der Waals surface area (Å²) in [6.45, 7) is 1.24. The molecule has 3 heteroatoms. The molecule has 0 fully saturated rings. The van der Waals surface area contributed by atoms with Crippen LogP contribution in [0.15, 0.2) is 30.3 Å². The molecule has 0 aliphatic rings. The Morgan fingerprint density at radius 3 is 2.38 bits per heavy atom. The van der Waals surface area contributed by atoms with Crippen LogP contribution in [0.3, 0.4) is 0 Å². The maximum Gasteiger partial charge on any atom is 0.308 e. The Balaban J connectivity index is 2.93. The van der Waals surface area contributed by atoms with Gasteiger partial charge >= 0.3 is 5.97 Å². The van der Waals surface area contributed by atoms with Crippen molar-refractivity contribution in [1.29, 1.82) is 0 Å². The molecule has 0 amide bonds. The molecule has 1 aromatic carbocycles. The summed E-state index contributed by atoms with van der Waals surface area (Å²) in [5, 5.41) is 0. The van der Waals surface area contributed by atoms with Gasteiger partial charge in [0.05, 0.1) is 0 Å². The van der Waals surface area contributed by atoms with Gasteiger partial charge in [-0.15, -0.1) is 0 Å². The topological polar surface area (TPSA) is 43.4 Å². The van der Waals surface area contributed by atoms with Gasteiger partial charge in [-0.2, -0.15) is 0 Å². The van der Waals surface area contributed by atoms with E-state index in [-0.39, 0.29) is 5.76 Å². The lowest BCUT2D eigenvalue weighted by atomic mass is 10.2. The van der Waals surface area contributed by atoms with Gasteiger partial charge in [0.2, 0.25) is 5.76 Å². The number of hydrogen-bond acceptors (Lipinski definition) is 3. The second-order valence-corrected chi connectivity index (χ2v) is 2.39. The van der Waals surface area contributed by atoms with Crippen LogP contribution < -0.4 is 0 Å². The third-order valence-corrected chi connectivity index (χ3v) is 1.37. The Morgan fingerprint density at radius 1 is 1.31 bits per heavy atom. The first-order valence-electron chi connectivity index (χ1n) is 3.73. The van der Waals surface area contributed by atoms with E-state index in [0.29, 0.717) is 5.56 Å². The van der Waals surface area contributed by atoms with Crippen molar-refractivity contribution in [3.05, 3.63) is 35.9 Å². The zero-order valence-corrected chi connectivity index (χ0v) is 7.11. The number of benzene rings is 1. The van der Waals surface area contributed by atoms with Crippen LogP contribution in [-0.2, 0) is 14.3 Å². The number of carbonyl (C=O) groups excluding carboxylic acids is 2. The fourth-order valence-electron chi connectivity index (χ4n) is 0.872. The summed E-state index contributed by atoms with van der Waals surface area (Å²) in [6, 6.07) is 8.64. The van der Waals surface area contributed by atoms with Gasteiger partial charge in [0.1, 0.15) is 0 Å². The molecule has 3 nitrogen and oxygen atoms in total. The number of ether oxygens (including phenoxy) is 1. The number of esters is 1. The zero-order chi connectivity index (χ0) is 9.68. The molecule has 13 heavy (non-hydrogen) atoms. The molecule has 0 bridgehead atoms. The van der Waals surface area contributed by atoms with Crippen LogP contribution >= 0.6 is 0 Å². The van der Waals surface area contributed by atoms with E-state index in [0.717, 1.165) is 0 Å². The van der Waals surface area contributed by atoms with Crippen molar-refractivity contribution in [3.63, 3.8) is 0 Å². The Bertz CT molecular complexity index is 348. The Hall–Kier alpha value is -1.86. The predicted molar refractivity (Wildman–Crippen MR) is 47.3 cm³/mol. The monoisotopic (exact) mass is 176 g/mol. The van der Waals surface area contributed by atoms with E-state index in [1.807, 2.05) is 0 Å². The summed E-state index contributed by atoms with van der Waals surface area (Å²) in [5.74, 6) is 0.972. The minimum absolute atomic E-state index is 0.0758. The molecule has 0 saturated heterocycles. The van der Waals surface area contributed by atoms with Gasteiger partial charge in [0, 0.05) is 12.5 Å². The van der Waals surface area contributed by atoms with Crippen molar-refractivity contribution >= 4 is 17.7 Å². The molecule has 0 saturated carbocycles. The molecule has 0 atom stereocenters. The van der Waals surface area contributed by atoms with Gasteiger partial charge in [0.25, 0.3) is 0 Å². The summed E-state index contributed by atoms with van der Waals surface area (Å²) >= 11 is 0. The molecule has 1 rings (SSSR count). The number of carbonyl (C=O) groups is 1. The lowest BCUT2D eigenvalue weighted by Gasteiger charge is -2.01. The van der Waals surface area contributed by atoms with Gasteiger partial charge in [0.15, 0.2) is 5.94 Å². The third-order valence-electron chi connectivity index (χ3n) is 1.37. The molecule has 0 aromatic heterocycles. The van der Waals surface area contributed by atoms with Crippen LogP contribution in [0.1, 0.15) is 12.5 Å². The molecule has 0 heterocycles. The van der Waals surface area contributed by atoms with Gasteiger partial charge in [-0.25, -0.2) is 4.79 Å². The summed E-state index contributed by atoms with van der Waals surface area (Å²) in [6.07, 6.45) is 0. The van der Waals surface area contributed by atoms with E-state index in [1.165, 1.54) is 6.92 Å². The largest absolute Gasteiger partial charge is 0.414 e. The average molecular weight is 176 g/mol. The van der Waals surface area contributed by atoms with E-state index in [2.05, 4.69) is 4.74 Å². The lowest BCUT2D eigenvalue weighted by molar-refractivity contribution is -0.134. The Morgan fingerprint density at radius 2 is 1.92 bits per heavy atom. The van der Waals surface area contributed by atoms with Crippen LogP contribution in [-0.4, -0.2) is 11.9 Å². The first-order valence-corrected chi connectivity index (χ1v) is 3.73. The standard InChI is InChI=1S/C10H8O3/c1-8(12)13-10(7-11)9-5-3-2-4-6-9/h2-6H,1H3. The normalized spacial score (nSPS) is 8.69. The number of hydrogen-bond donors (Lipinski definition) is 0. The predicted octanol–water partition coefficient (Wildman–Crippen LogP) is 1.42. The van der Waals surface area contributed by atoms with Crippen molar-refractivity contribution in [2.75, 3.05) is 0 Å². The minimum Gasteiger partial charge on any atom is -0.414 e. The van der Waals surface area contributed by atoms with E-state index < -0.39 is 5.97 Å². The molecule has 0 unspecified atom stereocenters. The summed E-state index contributed by atoms with van der Waals surface area (Å²) in [7, 11) is 0. The summed E-state index contributed by atoms with van der Waals surface area (Å²) in [4.78, 5) is 21.0. The van der Waals surface area contributed by atoms with E-state index >= 15 is 0 Å². The quantitative estimate of drug-likeness (QED) is 0.389. The molecule has 66 valence electrons. The maximum absolute atomic E-state index is 10.6. The second kappa shape index (κ2) is 4.24. The van der Waals surface area contributed by atoms with E-state index in [1.54, 1.807) is 36.3 Å². The van der Waals surface area contributed by atoms with Crippen molar-refractivity contribution in [1.82, 2.24) is 0 Å². The third kappa shape index (κ3) is 2.58. The van der Waals surface area contributed by atoms with Crippen LogP contribution in [0, 0.1) is 0 Å². The minimum atomic E-state index is -0.526. The Labute approximate surface area is 75.6 Å². The molecule has 0 N–H and O–H groups in total. The van der Waals surface area contributed by atoms with Crippen molar-refractivity contribution in [2.45, 2.75) is 6.92 Å².